The van der Waals surface area contributed by atoms with Crippen molar-refractivity contribution in [2.75, 3.05) is 12.4 Å². The molecule has 1 N–H and O–H groups in total. The molecule has 0 spiro atoms. The van der Waals surface area contributed by atoms with E-state index in [0.717, 1.165) is 11.3 Å². The third-order valence-electron chi connectivity index (χ3n) is 5.04. The minimum atomic E-state index is -0.170. The Morgan fingerprint density at radius 2 is 1.77 bits per heavy atom. The number of allylic oxidation sites excluding steroid dienone is 1. The second kappa shape index (κ2) is 10.9. The molecule has 1 heterocycles. The van der Waals surface area contributed by atoms with Gasteiger partial charge in [-0.05, 0) is 67.1 Å². The maximum absolute atomic E-state index is 12.3. The Morgan fingerprint density at radius 1 is 1.00 bits per heavy atom. The third kappa shape index (κ3) is 6.20. The molecular formula is C27H24N4O4. The number of rotatable bonds is 9. The zero-order valence-electron chi connectivity index (χ0n) is 19.3. The monoisotopic (exact) mass is 468 g/mol. The highest BCUT2D eigenvalue weighted by Crippen LogP contribution is 2.29. The number of carbonyl (C=O) groups is 2. The van der Waals surface area contributed by atoms with E-state index in [4.69, 9.17) is 9.47 Å². The van der Waals surface area contributed by atoms with Crippen molar-refractivity contribution in [2.24, 2.45) is 0 Å². The van der Waals surface area contributed by atoms with E-state index in [-0.39, 0.29) is 18.3 Å². The minimum absolute atomic E-state index is 0.0287. The first kappa shape index (κ1) is 23.4. The van der Waals surface area contributed by atoms with Crippen LogP contribution >= 0.6 is 0 Å². The summed E-state index contributed by atoms with van der Waals surface area (Å²) in [5.74, 6) is 0.910. The fourth-order valence-electron chi connectivity index (χ4n) is 3.25. The molecule has 1 amide bonds. The van der Waals surface area contributed by atoms with Gasteiger partial charge >= 0.3 is 0 Å². The van der Waals surface area contributed by atoms with Crippen LogP contribution in [0.1, 0.15) is 28.5 Å². The molecule has 0 aliphatic carbocycles. The van der Waals surface area contributed by atoms with Gasteiger partial charge in [-0.15, -0.1) is 5.10 Å². The smallest absolute Gasteiger partial charge is 0.255 e. The first-order chi connectivity index (χ1) is 17.0. The normalized spacial score (nSPS) is 10.8. The van der Waals surface area contributed by atoms with Gasteiger partial charge in [0.25, 0.3) is 5.91 Å². The molecule has 0 aliphatic rings. The Morgan fingerprint density at radius 3 is 2.49 bits per heavy atom. The number of hydrogen-bond acceptors (Lipinski definition) is 6. The van der Waals surface area contributed by atoms with Crippen LogP contribution in [0.5, 0.6) is 11.5 Å². The Balaban J connectivity index is 1.38. The molecule has 4 rings (SSSR count). The summed E-state index contributed by atoms with van der Waals surface area (Å²) in [5, 5.41) is 11.2. The number of benzene rings is 3. The second-order valence-corrected chi connectivity index (χ2v) is 7.66. The van der Waals surface area contributed by atoms with Gasteiger partial charge < -0.3 is 14.8 Å². The van der Waals surface area contributed by atoms with Crippen LogP contribution in [0, 0.1) is 0 Å². The molecule has 8 heteroatoms. The molecular weight excluding hydrogens is 444 g/mol. The molecule has 0 fully saturated rings. The minimum Gasteiger partial charge on any atom is -0.493 e. The summed E-state index contributed by atoms with van der Waals surface area (Å²) in [7, 11) is 1.56. The zero-order chi connectivity index (χ0) is 24.6. The lowest BCUT2D eigenvalue weighted by molar-refractivity contribution is -0.112. The van der Waals surface area contributed by atoms with Crippen LogP contribution in [0.15, 0.2) is 85.1 Å². The third-order valence-corrected chi connectivity index (χ3v) is 5.04. The highest BCUT2D eigenvalue weighted by atomic mass is 16.5. The number of amides is 1. The highest BCUT2D eigenvalue weighted by Gasteiger charge is 2.09. The van der Waals surface area contributed by atoms with Crippen LogP contribution in [0.4, 0.5) is 5.69 Å². The van der Waals surface area contributed by atoms with Crippen molar-refractivity contribution in [1.82, 2.24) is 15.0 Å². The average Bonchev–Trinajstić information content (AvgIpc) is 3.36. The highest BCUT2D eigenvalue weighted by molar-refractivity contribution is 6.04. The predicted octanol–water partition coefficient (Wildman–Crippen LogP) is 4.71. The number of methoxy groups -OCH3 is 1. The summed E-state index contributed by atoms with van der Waals surface area (Å²) in [5.41, 5.74) is 3.53. The molecule has 0 unspecified atom stereocenters. The van der Waals surface area contributed by atoms with Gasteiger partial charge in [-0.25, -0.2) is 4.68 Å². The predicted molar refractivity (Wildman–Crippen MR) is 133 cm³/mol. The van der Waals surface area contributed by atoms with E-state index >= 15 is 0 Å². The molecule has 0 bridgehead atoms. The molecule has 0 radical (unpaired) electrons. The molecule has 35 heavy (non-hydrogen) atoms. The topological polar surface area (TPSA) is 95.3 Å². The van der Waals surface area contributed by atoms with Crippen molar-refractivity contribution in [1.29, 1.82) is 0 Å². The maximum atomic E-state index is 12.3. The van der Waals surface area contributed by atoms with E-state index in [0.29, 0.717) is 28.4 Å². The molecule has 0 aliphatic heterocycles. The van der Waals surface area contributed by atoms with Gasteiger partial charge in [0.1, 0.15) is 12.3 Å². The lowest BCUT2D eigenvalue weighted by Gasteiger charge is -2.10. The Labute approximate surface area is 202 Å². The van der Waals surface area contributed by atoms with Crippen LogP contribution in [0.2, 0.25) is 0 Å². The number of carbonyl (C=O) groups excluding carboxylic acids is 2. The molecule has 1 aromatic heterocycles. The van der Waals surface area contributed by atoms with E-state index in [1.165, 1.54) is 13.0 Å². The van der Waals surface area contributed by atoms with E-state index < -0.39 is 0 Å². The molecule has 4 aromatic rings. The van der Waals surface area contributed by atoms with E-state index in [1.807, 2.05) is 36.4 Å². The van der Waals surface area contributed by atoms with Crippen LogP contribution in [-0.2, 0) is 11.4 Å². The van der Waals surface area contributed by atoms with Gasteiger partial charge in [0.2, 0.25) is 0 Å². The Bertz CT molecular complexity index is 1350. The van der Waals surface area contributed by atoms with E-state index in [9.17, 15) is 9.59 Å². The first-order valence-corrected chi connectivity index (χ1v) is 10.9. The second-order valence-electron chi connectivity index (χ2n) is 7.66. The van der Waals surface area contributed by atoms with Gasteiger partial charge in [0, 0.05) is 11.3 Å². The first-order valence-electron chi connectivity index (χ1n) is 10.9. The average molecular weight is 469 g/mol. The summed E-state index contributed by atoms with van der Waals surface area (Å²) in [6.07, 6.45) is 4.99. The van der Waals surface area contributed by atoms with Gasteiger partial charge in [-0.1, -0.05) is 35.6 Å². The lowest BCUT2D eigenvalue weighted by Crippen LogP contribution is -2.11. The summed E-state index contributed by atoms with van der Waals surface area (Å²) < 4.78 is 12.9. The van der Waals surface area contributed by atoms with Crippen molar-refractivity contribution >= 4 is 23.5 Å². The SMILES string of the molecule is COc1cc(/C=C/C(C)=O)ccc1OCc1cn(-c2ccc(NC(=O)c3ccccc3)cc2)nn1. The number of anilines is 1. The quantitative estimate of drug-likeness (QED) is 0.358. The number of nitrogens with one attached hydrogen (secondary N) is 1. The Kier molecular flexibility index (Phi) is 7.32. The van der Waals surface area contributed by atoms with Crippen molar-refractivity contribution in [3.05, 3.63) is 102 Å². The fourth-order valence-corrected chi connectivity index (χ4v) is 3.25. The van der Waals surface area contributed by atoms with Gasteiger partial charge in [-0.3, -0.25) is 9.59 Å². The van der Waals surface area contributed by atoms with Crippen molar-refractivity contribution < 1.29 is 19.1 Å². The Hall–Kier alpha value is -4.72. The van der Waals surface area contributed by atoms with E-state index in [2.05, 4.69) is 15.6 Å². The maximum Gasteiger partial charge on any atom is 0.255 e. The molecule has 0 atom stereocenters. The molecule has 3 aromatic carbocycles. The van der Waals surface area contributed by atoms with Gasteiger partial charge in [0.15, 0.2) is 17.3 Å². The summed E-state index contributed by atoms with van der Waals surface area (Å²) in [6.45, 7) is 1.70. The molecule has 0 saturated heterocycles. The number of aromatic nitrogens is 3. The summed E-state index contributed by atoms with van der Waals surface area (Å²) in [4.78, 5) is 23.4. The van der Waals surface area contributed by atoms with E-state index in [1.54, 1.807) is 60.5 Å². The molecule has 8 nitrogen and oxygen atoms in total. The van der Waals surface area contributed by atoms with Crippen LogP contribution in [0.25, 0.3) is 11.8 Å². The van der Waals surface area contributed by atoms with Gasteiger partial charge in [0.05, 0.1) is 19.0 Å². The number of nitrogens with zero attached hydrogens (tertiary/aromatic N) is 3. The largest absolute Gasteiger partial charge is 0.493 e. The van der Waals surface area contributed by atoms with Crippen molar-refractivity contribution in [3.8, 4) is 17.2 Å². The summed E-state index contributed by atoms with van der Waals surface area (Å²) >= 11 is 0. The number of hydrogen-bond donors (Lipinski definition) is 1. The molecule has 176 valence electrons. The standard InChI is InChI=1S/C27H24N4O4/c1-19(32)8-9-20-10-15-25(26(16-20)34-2)35-18-23-17-31(30-29-23)24-13-11-22(12-14-24)28-27(33)21-6-4-3-5-7-21/h3-17H,18H2,1-2H3,(H,28,33)/b9-8+. The lowest BCUT2D eigenvalue weighted by atomic mass is 10.1. The van der Waals surface area contributed by atoms with Crippen molar-refractivity contribution in [2.45, 2.75) is 13.5 Å². The van der Waals surface area contributed by atoms with Crippen LogP contribution in [0.3, 0.4) is 0 Å². The number of ether oxygens (including phenoxy) is 2. The zero-order valence-corrected chi connectivity index (χ0v) is 19.3. The summed E-state index contributed by atoms with van der Waals surface area (Å²) in [6, 6.07) is 21.8. The van der Waals surface area contributed by atoms with Crippen molar-refractivity contribution in [3.63, 3.8) is 0 Å². The van der Waals surface area contributed by atoms with Crippen LogP contribution < -0.4 is 14.8 Å². The fraction of sp³-hybridized carbons (Fsp3) is 0.111. The van der Waals surface area contributed by atoms with Gasteiger partial charge in [-0.2, -0.15) is 0 Å². The molecule has 0 saturated carbocycles. The van der Waals surface area contributed by atoms with Crippen LogP contribution in [-0.4, -0.2) is 33.8 Å². The number of ketones is 1.